The molecule has 0 saturated heterocycles. The summed E-state index contributed by atoms with van der Waals surface area (Å²) in [6.07, 6.45) is 0. The summed E-state index contributed by atoms with van der Waals surface area (Å²) < 4.78 is 27.9. The predicted molar refractivity (Wildman–Crippen MR) is 43.3 cm³/mol. The normalized spacial score (nSPS) is 10.4. The van der Waals surface area contributed by atoms with Gasteiger partial charge in [0.25, 0.3) is 0 Å². The van der Waals surface area contributed by atoms with Crippen molar-refractivity contribution < 1.29 is 13.5 Å². The van der Waals surface area contributed by atoms with Gasteiger partial charge in [0.2, 0.25) is 5.88 Å². The number of hydrogen-bond donors (Lipinski definition) is 0. The SMILES string of the molecule is Cc1ccc(OC(F)F)nc1Br. The van der Waals surface area contributed by atoms with Crippen LogP contribution in [0, 0.1) is 6.92 Å². The average Bonchev–Trinajstić information content (AvgIpc) is 1.96. The molecule has 0 amide bonds. The fourth-order valence-corrected chi connectivity index (χ4v) is 0.951. The van der Waals surface area contributed by atoms with Gasteiger partial charge in [-0.3, -0.25) is 0 Å². The number of ether oxygens (including phenoxy) is 1. The van der Waals surface area contributed by atoms with Crippen LogP contribution in [0.15, 0.2) is 16.7 Å². The molecule has 0 N–H and O–H groups in total. The molecule has 0 fully saturated rings. The molecule has 0 spiro atoms. The largest absolute Gasteiger partial charge is 0.417 e. The van der Waals surface area contributed by atoms with Gasteiger partial charge in [0.05, 0.1) is 0 Å². The van der Waals surface area contributed by atoms with Crippen LogP contribution in [-0.4, -0.2) is 11.6 Å². The molecule has 0 unspecified atom stereocenters. The molecule has 0 aliphatic carbocycles. The molecule has 1 heterocycles. The van der Waals surface area contributed by atoms with Crippen molar-refractivity contribution in [1.82, 2.24) is 4.98 Å². The Balaban J connectivity index is 2.82. The molecule has 12 heavy (non-hydrogen) atoms. The van der Waals surface area contributed by atoms with Gasteiger partial charge in [-0.25, -0.2) is 4.98 Å². The van der Waals surface area contributed by atoms with E-state index in [4.69, 9.17) is 0 Å². The van der Waals surface area contributed by atoms with Gasteiger partial charge in [-0.05, 0) is 28.4 Å². The van der Waals surface area contributed by atoms with E-state index < -0.39 is 6.61 Å². The Labute approximate surface area is 76.7 Å². The molecule has 0 aromatic carbocycles. The second-order valence-corrected chi connectivity index (χ2v) is 2.89. The minimum absolute atomic E-state index is 0.0810. The van der Waals surface area contributed by atoms with Gasteiger partial charge in [-0.2, -0.15) is 8.78 Å². The molecular formula is C7H6BrF2NO. The summed E-state index contributed by atoms with van der Waals surface area (Å²) in [5.74, 6) is -0.0810. The fraction of sp³-hybridized carbons (Fsp3) is 0.286. The van der Waals surface area contributed by atoms with Crippen molar-refractivity contribution in [3.63, 3.8) is 0 Å². The van der Waals surface area contributed by atoms with Gasteiger partial charge in [-0.1, -0.05) is 6.07 Å². The first kappa shape index (κ1) is 9.38. The van der Waals surface area contributed by atoms with Crippen LogP contribution in [0.25, 0.3) is 0 Å². The van der Waals surface area contributed by atoms with E-state index in [0.29, 0.717) is 4.60 Å². The molecule has 0 atom stereocenters. The maximum absolute atomic E-state index is 11.7. The van der Waals surface area contributed by atoms with Gasteiger partial charge in [0.1, 0.15) is 4.60 Å². The van der Waals surface area contributed by atoms with Crippen LogP contribution in [0.2, 0.25) is 0 Å². The zero-order valence-corrected chi connectivity index (χ0v) is 7.81. The average molecular weight is 238 g/mol. The predicted octanol–water partition coefficient (Wildman–Crippen LogP) is 2.75. The van der Waals surface area contributed by atoms with Crippen LogP contribution in [0.3, 0.4) is 0 Å². The lowest BCUT2D eigenvalue weighted by Crippen LogP contribution is -2.03. The molecule has 0 saturated carbocycles. The first-order chi connectivity index (χ1) is 5.59. The van der Waals surface area contributed by atoms with Crippen LogP contribution in [0.5, 0.6) is 5.88 Å². The molecular weight excluding hydrogens is 232 g/mol. The number of alkyl halides is 2. The minimum Gasteiger partial charge on any atom is -0.417 e. The standard InChI is InChI=1S/C7H6BrF2NO/c1-4-2-3-5(11-6(4)8)12-7(9)10/h2-3,7H,1H3. The van der Waals surface area contributed by atoms with Crippen LogP contribution < -0.4 is 4.74 Å². The monoisotopic (exact) mass is 237 g/mol. The maximum Gasteiger partial charge on any atom is 0.388 e. The van der Waals surface area contributed by atoms with Crippen molar-refractivity contribution >= 4 is 15.9 Å². The summed E-state index contributed by atoms with van der Waals surface area (Å²) in [4.78, 5) is 3.73. The number of rotatable bonds is 2. The second-order valence-electron chi connectivity index (χ2n) is 2.14. The molecule has 66 valence electrons. The Morgan fingerprint density at radius 2 is 2.17 bits per heavy atom. The van der Waals surface area contributed by atoms with E-state index in [1.54, 1.807) is 6.07 Å². The molecule has 0 radical (unpaired) electrons. The molecule has 0 bridgehead atoms. The van der Waals surface area contributed by atoms with Crippen molar-refractivity contribution in [2.45, 2.75) is 13.5 Å². The third-order valence-electron chi connectivity index (χ3n) is 1.22. The zero-order valence-electron chi connectivity index (χ0n) is 6.22. The number of aromatic nitrogens is 1. The van der Waals surface area contributed by atoms with E-state index in [9.17, 15) is 8.78 Å². The molecule has 1 aromatic rings. The second kappa shape index (κ2) is 3.80. The summed E-state index contributed by atoms with van der Waals surface area (Å²) in [5.41, 5.74) is 0.872. The van der Waals surface area contributed by atoms with E-state index in [2.05, 4.69) is 25.7 Å². The minimum atomic E-state index is -2.83. The lowest BCUT2D eigenvalue weighted by atomic mass is 10.3. The van der Waals surface area contributed by atoms with Crippen molar-refractivity contribution in [2.75, 3.05) is 0 Å². The molecule has 1 rings (SSSR count). The molecule has 0 aliphatic rings. The third-order valence-corrected chi connectivity index (χ3v) is 2.02. The summed E-state index contributed by atoms with van der Waals surface area (Å²) in [5, 5.41) is 0. The number of aryl methyl sites for hydroxylation is 1. The summed E-state index contributed by atoms with van der Waals surface area (Å²) in [6, 6.07) is 3.04. The highest BCUT2D eigenvalue weighted by atomic mass is 79.9. The molecule has 5 heteroatoms. The number of pyridine rings is 1. The van der Waals surface area contributed by atoms with E-state index in [1.165, 1.54) is 6.07 Å². The maximum atomic E-state index is 11.7. The van der Waals surface area contributed by atoms with Crippen LogP contribution in [0.4, 0.5) is 8.78 Å². The highest BCUT2D eigenvalue weighted by Crippen LogP contribution is 2.18. The van der Waals surface area contributed by atoms with E-state index in [-0.39, 0.29) is 5.88 Å². The first-order valence-corrected chi connectivity index (χ1v) is 3.97. The van der Waals surface area contributed by atoms with E-state index in [0.717, 1.165) is 5.56 Å². The Morgan fingerprint density at radius 3 is 2.67 bits per heavy atom. The van der Waals surface area contributed by atoms with Crippen LogP contribution in [-0.2, 0) is 0 Å². The van der Waals surface area contributed by atoms with Gasteiger partial charge in [0.15, 0.2) is 0 Å². The van der Waals surface area contributed by atoms with Gasteiger partial charge in [0, 0.05) is 6.07 Å². The Hall–Kier alpha value is -0.710. The van der Waals surface area contributed by atoms with Crippen molar-refractivity contribution in [3.05, 3.63) is 22.3 Å². The van der Waals surface area contributed by atoms with E-state index >= 15 is 0 Å². The highest BCUT2D eigenvalue weighted by Gasteiger charge is 2.06. The molecule has 1 aromatic heterocycles. The number of nitrogens with zero attached hydrogens (tertiary/aromatic N) is 1. The molecule has 0 aliphatic heterocycles. The van der Waals surface area contributed by atoms with Gasteiger partial charge >= 0.3 is 6.61 Å². The summed E-state index contributed by atoms with van der Waals surface area (Å²) in [7, 11) is 0. The number of hydrogen-bond acceptors (Lipinski definition) is 2. The zero-order chi connectivity index (χ0) is 9.14. The fourth-order valence-electron chi connectivity index (χ4n) is 0.644. The lowest BCUT2D eigenvalue weighted by Gasteiger charge is -2.03. The third kappa shape index (κ3) is 2.41. The van der Waals surface area contributed by atoms with Crippen molar-refractivity contribution in [3.8, 4) is 5.88 Å². The van der Waals surface area contributed by atoms with Gasteiger partial charge < -0.3 is 4.74 Å². The lowest BCUT2D eigenvalue weighted by molar-refractivity contribution is -0.0529. The highest BCUT2D eigenvalue weighted by molar-refractivity contribution is 9.10. The Bertz CT molecular complexity index is 280. The van der Waals surface area contributed by atoms with Crippen molar-refractivity contribution in [1.29, 1.82) is 0 Å². The Morgan fingerprint density at radius 1 is 1.50 bits per heavy atom. The smallest absolute Gasteiger partial charge is 0.388 e. The van der Waals surface area contributed by atoms with Crippen LogP contribution >= 0.6 is 15.9 Å². The van der Waals surface area contributed by atoms with Crippen molar-refractivity contribution in [2.24, 2.45) is 0 Å². The van der Waals surface area contributed by atoms with Gasteiger partial charge in [-0.15, -0.1) is 0 Å². The number of halogens is 3. The van der Waals surface area contributed by atoms with E-state index in [1.807, 2.05) is 6.92 Å². The quantitative estimate of drug-likeness (QED) is 0.739. The summed E-state index contributed by atoms with van der Waals surface area (Å²) in [6.45, 7) is -1.02. The topological polar surface area (TPSA) is 22.1 Å². The Kier molecular flexibility index (Phi) is 2.97. The van der Waals surface area contributed by atoms with Crippen LogP contribution in [0.1, 0.15) is 5.56 Å². The first-order valence-electron chi connectivity index (χ1n) is 3.17. The molecule has 2 nitrogen and oxygen atoms in total. The summed E-state index contributed by atoms with van der Waals surface area (Å²) >= 11 is 3.10.